The number of thioether (sulfide) groups is 1. The monoisotopic (exact) mass is 611 g/mol. The molecule has 14 heteroatoms. The summed E-state index contributed by atoms with van der Waals surface area (Å²) in [4.78, 5) is 28.5. The van der Waals surface area contributed by atoms with Crippen LogP contribution in [0.3, 0.4) is 0 Å². The number of piperidine rings is 2. The van der Waals surface area contributed by atoms with Crippen LogP contribution in [0, 0.1) is 23.7 Å². The van der Waals surface area contributed by atoms with E-state index in [4.69, 9.17) is 16.3 Å². The van der Waals surface area contributed by atoms with Crippen molar-refractivity contribution >= 4 is 35.2 Å². The molecule has 4 heterocycles. The van der Waals surface area contributed by atoms with Crippen LogP contribution in [-0.2, 0) is 19.1 Å². The SMILES string of the molecule is COC1CNC(Cl)CC1C1CC(C)NCC1C(=O)NC1NC2CN(C(=O)C3CCC(OC(F)(F)F)CC3)CC2S1. The summed E-state index contributed by atoms with van der Waals surface area (Å²) >= 11 is 8.08. The minimum Gasteiger partial charge on any atom is -0.380 e. The predicted molar refractivity (Wildman–Crippen MR) is 145 cm³/mol. The average Bonchev–Trinajstić information content (AvgIpc) is 3.46. The van der Waals surface area contributed by atoms with Crippen molar-refractivity contribution in [1.29, 1.82) is 0 Å². The number of hydrogen-bond acceptors (Lipinski definition) is 8. The fourth-order valence-corrected chi connectivity index (χ4v) is 9.02. The maximum absolute atomic E-state index is 13.6. The highest BCUT2D eigenvalue weighted by atomic mass is 35.5. The zero-order valence-electron chi connectivity index (χ0n) is 22.9. The van der Waals surface area contributed by atoms with Crippen LogP contribution in [0.2, 0.25) is 0 Å². The van der Waals surface area contributed by atoms with E-state index in [1.54, 1.807) is 18.9 Å². The first-order chi connectivity index (χ1) is 19.0. The Labute approximate surface area is 242 Å². The Morgan fingerprint density at radius 3 is 2.48 bits per heavy atom. The molecule has 5 rings (SSSR count). The summed E-state index contributed by atoms with van der Waals surface area (Å²) in [6.45, 7) is 4.53. The van der Waals surface area contributed by atoms with E-state index in [0.29, 0.717) is 45.1 Å². The number of ether oxygens (including phenoxy) is 2. The highest BCUT2D eigenvalue weighted by Gasteiger charge is 2.47. The van der Waals surface area contributed by atoms with Crippen LogP contribution in [0.5, 0.6) is 0 Å². The van der Waals surface area contributed by atoms with Crippen molar-refractivity contribution < 1.29 is 32.2 Å². The van der Waals surface area contributed by atoms with Gasteiger partial charge in [0.2, 0.25) is 11.8 Å². The van der Waals surface area contributed by atoms with Crippen LogP contribution in [0.25, 0.3) is 0 Å². The third-order valence-corrected chi connectivity index (χ3v) is 11.1. The van der Waals surface area contributed by atoms with Crippen molar-refractivity contribution in [2.75, 3.05) is 33.3 Å². The summed E-state index contributed by atoms with van der Waals surface area (Å²) in [5.41, 5.74) is -0.368. The molecule has 0 spiro atoms. The summed E-state index contributed by atoms with van der Waals surface area (Å²) in [5.74, 6) is -0.0882. The summed E-state index contributed by atoms with van der Waals surface area (Å²) in [6, 6.07) is 0.369. The van der Waals surface area contributed by atoms with Gasteiger partial charge in [0.1, 0.15) is 5.50 Å². The molecule has 1 aliphatic carbocycles. The largest absolute Gasteiger partial charge is 0.522 e. The third-order valence-electron chi connectivity index (χ3n) is 9.37. The van der Waals surface area contributed by atoms with Gasteiger partial charge < -0.3 is 20.3 Å². The first-order valence-electron chi connectivity index (χ1n) is 14.4. The van der Waals surface area contributed by atoms with Gasteiger partial charge in [-0.2, -0.15) is 0 Å². The van der Waals surface area contributed by atoms with Crippen LogP contribution in [0.4, 0.5) is 13.2 Å². The molecule has 1 saturated carbocycles. The summed E-state index contributed by atoms with van der Waals surface area (Å²) in [7, 11) is 1.71. The average molecular weight is 612 g/mol. The fraction of sp³-hybridized carbons (Fsp3) is 0.923. The Balaban J connectivity index is 1.11. The van der Waals surface area contributed by atoms with Gasteiger partial charge in [0, 0.05) is 56.5 Å². The number of methoxy groups -OCH3 is 1. The first kappa shape index (κ1) is 30.6. The second-order valence-corrected chi connectivity index (χ2v) is 13.9. The number of carbonyl (C=O) groups excluding carboxylic acids is 2. The lowest BCUT2D eigenvalue weighted by molar-refractivity contribution is -0.345. The number of rotatable bonds is 6. The van der Waals surface area contributed by atoms with E-state index in [1.807, 2.05) is 4.90 Å². The topological polar surface area (TPSA) is 104 Å². The number of carbonyl (C=O) groups is 2. The number of likely N-dealkylation sites (tertiary alicyclic amines) is 1. The lowest BCUT2D eigenvalue weighted by Crippen LogP contribution is -2.57. The molecule has 4 aliphatic heterocycles. The van der Waals surface area contributed by atoms with Crippen LogP contribution in [-0.4, -0.2) is 96.9 Å². The number of nitrogens with zero attached hydrogens (tertiary/aromatic N) is 1. The molecule has 0 aromatic heterocycles. The molecular weight excluding hydrogens is 571 g/mol. The Morgan fingerprint density at radius 2 is 1.80 bits per heavy atom. The zero-order chi connectivity index (χ0) is 28.6. The Morgan fingerprint density at radius 1 is 1.05 bits per heavy atom. The predicted octanol–water partition coefficient (Wildman–Crippen LogP) is 2.20. The van der Waals surface area contributed by atoms with Crippen LogP contribution < -0.4 is 21.3 Å². The van der Waals surface area contributed by atoms with E-state index < -0.39 is 12.5 Å². The Bertz CT molecular complexity index is 900. The maximum atomic E-state index is 13.6. The van der Waals surface area contributed by atoms with Gasteiger partial charge in [0.05, 0.1) is 23.6 Å². The normalized spacial score (nSPS) is 42.5. The minimum atomic E-state index is -4.64. The molecule has 0 aromatic rings. The van der Waals surface area contributed by atoms with Gasteiger partial charge in [-0.15, -0.1) is 36.5 Å². The molecular formula is C26H41ClF3N5O4S. The zero-order valence-corrected chi connectivity index (χ0v) is 24.5. The molecule has 0 radical (unpaired) electrons. The number of halogens is 4. The molecule has 4 N–H and O–H groups in total. The first-order valence-corrected chi connectivity index (χ1v) is 15.8. The maximum Gasteiger partial charge on any atom is 0.522 e. The van der Waals surface area contributed by atoms with Crippen LogP contribution >= 0.6 is 23.4 Å². The van der Waals surface area contributed by atoms with E-state index in [-0.39, 0.29) is 76.7 Å². The molecule has 40 heavy (non-hydrogen) atoms. The lowest BCUT2D eigenvalue weighted by Gasteiger charge is -2.45. The molecule has 5 aliphatic rings. The second kappa shape index (κ2) is 12.8. The molecule has 0 bridgehead atoms. The quantitative estimate of drug-likeness (QED) is 0.268. The molecule has 228 valence electrons. The number of fused-ring (bicyclic) bond motifs is 1. The van der Waals surface area contributed by atoms with Crippen molar-refractivity contribution in [3.8, 4) is 0 Å². The van der Waals surface area contributed by atoms with Crippen LogP contribution in [0.1, 0.15) is 45.4 Å². The molecule has 2 amide bonds. The van der Waals surface area contributed by atoms with Gasteiger partial charge in [0.25, 0.3) is 0 Å². The van der Waals surface area contributed by atoms with E-state index in [9.17, 15) is 22.8 Å². The minimum absolute atomic E-state index is 0.00896. The van der Waals surface area contributed by atoms with Crippen molar-refractivity contribution in [3.05, 3.63) is 0 Å². The van der Waals surface area contributed by atoms with E-state index in [2.05, 4.69) is 32.9 Å². The molecule has 9 atom stereocenters. The number of alkyl halides is 4. The van der Waals surface area contributed by atoms with E-state index in [1.165, 1.54) is 0 Å². The van der Waals surface area contributed by atoms with Gasteiger partial charge in [0.15, 0.2) is 0 Å². The molecule has 9 unspecified atom stereocenters. The van der Waals surface area contributed by atoms with Gasteiger partial charge in [-0.25, -0.2) is 0 Å². The Kier molecular flexibility index (Phi) is 9.80. The fourth-order valence-electron chi connectivity index (χ4n) is 7.32. The summed E-state index contributed by atoms with van der Waals surface area (Å²) in [5, 5.41) is 13.6. The highest BCUT2D eigenvalue weighted by molar-refractivity contribution is 8.00. The Hall–Kier alpha value is -0.830. The highest BCUT2D eigenvalue weighted by Crippen LogP contribution is 2.39. The second-order valence-electron chi connectivity index (χ2n) is 12.0. The molecule has 0 aromatic carbocycles. The molecule has 9 nitrogen and oxygen atoms in total. The van der Waals surface area contributed by atoms with Crippen molar-refractivity contribution in [3.63, 3.8) is 0 Å². The van der Waals surface area contributed by atoms with Crippen molar-refractivity contribution in [1.82, 2.24) is 26.2 Å². The van der Waals surface area contributed by atoms with Gasteiger partial charge in [-0.1, -0.05) is 0 Å². The van der Waals surface area contributed by atoms with E-state index in [0.717, 1.165) is 12.8 Å². The molecule has 4 saturated heterocycles. The van der Waals surface area contributed by atoms with Gasteiger partial charge >= 0.3 is 6.36 Å². The van der Waals surface area contributed by atoms with Crippen molar-refractivity contribution in [2.24, 2.45) is 23.7 Å². The van der Waals surface area contributed by atoms with Gasteiger partial charge in [-0.05, 0) is 57.3 Å². The van der Waals surface area contributed by atoms with Gasteiger partial charge in [-0.3, -0.25) is 25.0 Å². The smallest absolute Gasteiger partial charge is 0.380 e. The summed E-state index contributed by atoms with van der Waals surface area (Å²) in [6.07, 6.45) is -2.57. The number of nitrogens with one attached hydrogen (secondary N) is 4. The lowest BCUT2D eigenvalue weighted by atomic mass is 9.70. The summed E-state index contributed by atoms with van der Waals surface area (Å²) < 4.78 is 47.4. The number of amides is 2. The van der Waals surface area contributed by atoms with Crippen LogP contribution in [0.15, 0.2) is 0 Å². The number of hydrogen-bond donors (Lipinski definition) is 4. The van der Waals surface area contributed by atoms with Crippen molar-refractivity contribution in [2.45, 2.75) is 92.4 Å². The molecule has 5 fully saturated rings. The standard InChI is InChI=1S/C26H41ClF3N5O4S/c1-13-7-16(17-8-22(27)32-10-20(17)38-2)18(9-31-13)23(36)34-25-33-19-11-35(12-21(19)40-25)24(37)14-3-5-15(6-4-14)39-26(28,29)30/h13-22,25,31-33H,3-12H2,1-2H3,(H,34,36). The third kappa shape index (κ3) is 7.20. The van der Waals surface area contributed by atoms with E-state index >= 15 is 0 Å².